The number of hydrogen-bond acceptors (Lipinski definition) is 9. The first-order valence-electron chi connectivity index (χ1n) is 7.70. The molecule has 1 fully saturated rings. The van der Waals surface area contributed by atoms with Crippen molar-refractivity contribution >= 4 is 55.9 Å². The van der Waals surface area contributed by atoms with Crippen LogP contribution in [0.25, 0.3) is 10.3 Å². The molecule has 4 rings (SSSR count). The third-order valence-corrected chi connectivity index (χ3v) is 5.49. The van der Waals surface area contributed by atoms with Crippen LogP contribution < -0.4 is 16.0 Å². The summed E-state index contributed by atoms with van der Waals surface area (Å²) in [5.74, 6) is 0.977. The summed E-state index contributed by atoms with van der Waals surface area (Å²) in [5, 5.41) is 5.37. The number of piperazine rings is 1. The lowest BCUT2D eigenvalue weighted by atomic mass is 10.3. The molecule has 3 aromatic heterocycles. The van der Waals surface area contributed by atoms with Crippen LogP contribution in [0.2, 0.25) is 0 Å². The predicted molar refractivity (Wildman–Crippen MR) is 99.3 cm³/mol. The number of fused-ring (bicyclic) bond motifs is 1. The number of aromatic nitrogens is 4. The van der Waals surface area contributed by atoms with E-state index in [1.807, 2.05) is 12.3 Å². The van der Waals surface area contributed by atoms with E-state index in [9.17, 15) is 4.79 Å². The average Bonchev–Trinajstić information content (AvgIpc) is 3.23. The van der Waals surface area contributed by atoms with Crippen LogP contribution >= 0.6 is 22.7 Å². The van der Waals surface area contributed by atoms with Gasteiger partial charge in [-0.15, -0.1) is 22.7 Å². The summed E-state index contributed by atoms with van der Waals surface area (Å²) in [5.41, 5.74) is 9.20. The summed E-state index contributed by atoms with van der Waals surface area (Å²) in [4.78, 5) is 34.1. The van der Waals surface area contributed by atoms with Gasteiger partial charge in [-0.25, -0.2) is 19.7 Å². The van der Waals surface area contributed by atoms with E-state index in [0.29, 0.717) is 31.3 Å². The van der Waals surface area contributed by atoms with Gasteiger partial charge in [0.2, 0.25) is 5.95 Å². The molecule has 2 amide bonds. The number of aryl methyl sites for hydroxylation is 1. The number of anilines is 3. The van der Waals surface area contributed by atoms with E-state index in [1.165, 1.54) is 22.7 Å². The second-order valence-electron chi connectivity index (χ2n) is 5.61. The molecule has 0 bridgehead atoms. The first kappa shape index (κ1) is 16.0. The van der Waals surface area contributed by atoms with Crippen LogP contribution in [0, 0.1) is 6.92 Å². The van der Waals surface area contributed by atoms with Crippen molar-refractivity contribution < 1.29 is 4.79 Å². The van der Waals surface area contributed by atoms with Crippen molar-refractivity contribution in [2.24, 2.45) is 0 Å². The number of hydrogen-bond donors (Lipinski definition) is 2. The Hall–Kier alpha value is -2.53. The molecule has 1 saturated heterocycles. The summed E-state index contributed by atoms with van der Waals surface area (Å²) < 4.78 is 0. The summed E-state index contributed by atoms with van der Waals surface area (Å²) in [6.07, 6.45) is 0. The van der Waals surface area contributed by atoms with Crippen LogP contribution in [0.3, 0.4) is 0 Å². The first-order chi connectivity index (χ1) is 12.1. The number of amides is 2. The van der Waals surface area contributed by atoms with E-state index in [2.05, 4.69) is 30.2 Å². The van der Waals surface area contributed by atoms with Gasteiger partial charge in [0.1, 0.15) is 5.52 Å². The summed E-state index contributed by atoms with van der Waals surface area (Å²) >= 11 is 2.86. The Labute approximate surface area is 151 Å². The Morgan fingerprint density at radius 2 is 2.00 bits per heavy atom. The molecule has 0 unspecified atom stereocenters. The number of carbonyl (C=O) groups is 1. The highest BCUT2D eigenvalue weighted by atomic mass is 32.1. The van der Waals surface area contributed by atoms with Gasteiger partial charge < -0.3 is 15.5 Å². The molecule has 0 atom stereocenters. The Morgan fingerprint density at radius 3 is 2.72 bits per heavy atom. The fraction of sp³-hybridized carbons (Fsp3) is 0.357. The topological polar surface area (TPSA) is 113 Å². The number of thiazole rings is 2. The highest BCUT2D eigenvalue weighted by Gasteiger charge is 2.24. The smallest absolute Gasteiger partial charge is 0.323 e. The van der Waals surface area contributed by atoms with Gasteiger partial charge in [-0.05, 0) is 6.92 Å². The highest BCUT2D eigenvalue weighted by molar-refractivity contribution is 7.16. The van der Waals surface area contributed by atoms with Gasteiger partial charge in [0.25, 0.3) is 0 Å². The molecule has 3 aromatic rings. The molecule has 1 aliphatic heterocycles. The molecule has 0 aliphatic carbocycles. The van der Waals surface area contributed by atoms with E-state index in [1.54, 1.807) is 10.4 Å². The molecule has 0 saturated carbocycles. The van der Waals surface area contributed by atoms with Crippen molar-refractivity contribution in [1.82, 2.24) is 24.8 Å². The zero-order valence-electron chi connectivity index (χ0n) is 13.5. The molecule has 4 heterocycles. The minimum atomic E-state index is -0.130. The van der Waals surface area contributed by atoms with Gasteiger partial charge in [0, 0.05) is 31.6 Å². The molecule has 25 heavy (non-hydrogen) atoms. The molecular weight excluding hydrogens is 360 g/mol. The minimum absolute atomic E-state index is 0.130. The number of carbonyl (C=O) groups excluding carboxylic acids is 1. The number of nitrogens with two attached hydrogens (primary N) is 1. The number of urea groups is 1. The first-order valence-corrected chi connectivity index (χ1v) is 9.46. The molecule has 0 aromatic carbocycles. The fourth-order valence-corrected chi connectivity index (χ4v) is 4.02. The van der Waals surface area contributed by atoms with Crippen LogP contribution in [0.15, 0.2) is 10.9 Å². The van der Waals surface area contributed by atoms with Gasteiger partial charge >= 0.3 is 6.03 Å². The summed E-state index contributed by atoms with van der Waals surface area (Å²) in [7, 11) is 0. The van der Waals surface area contributed by atoms with Crippen LogP contribution in [0.4, 0.5) is 21.7 Å². The largest absolute Gasteiger partial charge is 0.368 e. The Morgan fingerprint density at radius 1 is 1.20 bits per heavy atom. The third-order valence-electron chi connectivity index (χ3n) is 3.90. The maximum Gasteiger partial charge on any atom is 0.323 e. The Balaban J connectivity index is 1.44. The van der Waals surface area contributed by atoms with Crippen molar-refractivity contribution in [3.63, 3.8) is 0 Å². The SMILES string of the molecule is Cc1csc(NC(=O)N2CCN(c3nc(N)nc4scnc34)CC2)n1. The predicted octanol–water partition coefficient (Wildman–Crippen LogP) is 1.79. The summed E-state index contributed by atoms with van der Waals surface area (Å²) in [6.45, 7) is 4.40. The van der Waals surface area contributed by atoms with Gasteiger partial charge in [-0.3, -0.25) is 5.32 Å². The molecule has 1 aliphatic rings. The third kappa shape index (κ3) is 3.20. The molecular formula is C14H16N8OS2. The summed E-state index contributed by atoms with van der Waals surface area (Å²) in [6, 6.07) is -0.130. The second kappa shape index (κ2) is 6.41. The number of nitrogens with one attached hydrogen (secondary N) is 1. The van der Waals surface area contributed by atoms with Crippen molar-refractivity contribution in [2.45, 2.75) is 6.92 Å². The average molecular weight is 376 g/mol. The minimum Gasteiger partial charge on any atom is -0.368 e. The van der Waals surface area contributed by atoms with Crippen molar-refractivity contribution in [3.8, 4) is 0 Å². The Kier molecular flexibility index (Phi) is 4.09. The maximum absolute atomic E-state index is 12.4. The number of nitrogen functional groups attached to an aromatic ring is 1. The van der Waals surface area contributed by atoms with Gasteiger partial charge in [-0.2, -0.15) is 4.98 Å². The monoisotopic (exact) mass is 376 g/mol. The van der Waals surface area contributed by atoms with E-state index in [4.69, 9.17) is 5.73 Å². The lowest BCUT2D eigenvalue weighted by Crippen LogP contribution is -2.50. The van der Waals surface area contributed by atoms with Gasteiger partial charge in [0.15, 0.2) is 15.8 Å². The fourth-order valence-electron chi connectivity index (χ4n) is 2.69. The molecule has 11 heteroatoms. The van der Waals surface area contributed by atoms with Gasteiger partial charge in [0.05, 0.1) is 11.2 Å². The standard InChI is InChI=1S/C14H16N8OS2/c1-8-6-24-13(17-8)20-14(23)22-4-2-21(3-5-22)10-9-11(25-7-16-9)19-12(15)18-10/h6-7H,2-5H2,1H3,(H2,15,18,19)(H,17,20,23). The molecule has 130 valence electrons. The molecule has 0 radical (unpaired) electrons. The molecule has 9 nitrogen and oxygen atoms in total. The number of rotatable bonds is 2. The van der Waals surface area contributed by atoms with Crippen molar-refractivity contribution in [2.75, 3.05) is 42.1 Å². The maximum atomic E-state index is 12.4. The van der Waals surface area contributed by atoms with E-state index < -0.39 is 0 Å². The van der Waals surface area contributed by atoms with E-state index in [0.717, 1.165) is 21.9 Å². The lowest BCUT2D eigenvalue weighted by Gasteiger charge is -2.35. The molecule has 0 spiro atoms. The second-order valence-corrected chi connectivity index (χ2v) is 7.30. The highest BCUT2D eigenvalue weighted by Crippen LogP contribution is 2.27. The van der Waals surface area contributed by atoms with E-state index >= 15 is 0 Å². The Bertz CT molecular complexity index is 915. The van der Waals surface area contributed by atoms with Crippen LogP contribution in [-0.4, -0.2) is 57.0 Å². The van der Waals surface area contributed by atoms with Crippen LogP contribution in [0.1, 0.15) is 5.69 Å². The van der Waals surface area contributed by atoms with E-state index in [-0.39, 0.29) is 12.0 Å². The van der Waals surface area contributed by atoms with Gasteiger partial charge in [-0.1, -0.05) is 0 Å². The van der Waals surface area contributed by atoms with Crippen LogP contribution in [0.5, 0.6) is 0 Å². The number of nitrogens with zero attached hydrogens (tertiary/aromatic N) is 6. The zero-order valence-corrected chi connectivity index (χ0v) is 15.1. The van der Waals surface area contributed by atoms with Crippen LogP contribution in [-0.2, 0) is 0 Å². The normalized spacial score (nSPS) is 14.9. The molecule has 3 N–H and O–H groups in total. The van der Waals surface area contributed by atoms with Crippen molar-refractivity contribution in [3.05, 3.63) is 16.6 Å². The quantitative estimate of drug-likeness (QED) is 0.701. The zero-order chi connectivity index (χ0) is 17.4. The van der Waals surface area contributed by atoms with Crippen molar-refractivity contribution in [1.29, 1.82) is 0 Å². The lowest BCUT2D eigenvalue weighted by molar-refractivity contribution is 0.208.